The minimum Gasteiger partial charge on any atom is -0.444 e. The van der Waals surface area contributed by atoms with E-state index in [1.165, 1.54) is 16.9 Å². The van der Waals surface area contributed by atoms with Crippen molar-refractivity contribution < 1.29 is 14.3 Å². The Bertz CT molecular complexity index is 540. The Morgan fingerprint density at radius 2 is 2.15 bits per heavy atom. The Hall–Kier alpha value is -1.62. The molecule has 0 N–H and O–H groups in total. The summed E-state index contributed by atoms with van der Waals surface area (Å²) in [6.07, 6.45) is 3.42. The number of carbonyl (C=O) groups excluding carboxylic acids is 2. The second-order valence-corrected chi connectivity index (χ2v) is 6.84. The average molecular weight is 293 g/mol. The summed E-state index contributed by atoms with van der Waals surface area (Å²) in [5.41, 5.74) is 0.733. The summed E-state index contributed by atoms with van der Waals surface area (Å²) < 4.78 is 5.35. The molecule has 2 heterocycles. The van der Waals surface area contributed by atoms with Crippen molar-refractivity contribution in [2.24, 2.45) is 0 Å². The number of thiophene rings is 1. The van der Waals surface area contributed by atoms with Crippen molar-refractivity contribution in [3.05, 3.63) is 28.0 Å². The van der Waals surface area contributed by atoms with Gasteiger partial charge in [-0.25, -0.2) is 4.79 Å². The van der Waals surface area contributed by atoms with Crippen LogP contribution in [-0.2, 0) is 4.74 Å². The van der Waals surface area contributed by atoms with Crippen LogP contribution in [0.2, 0.25) is 0 Å². The topological polar surface area (TPSA) is 46.6 Å². The lowest BCUT2D eigenvalue weighted by molar-refractivity contribution is 0.0270. The van der Waals surface area contributed by atoms with E-state index in [1.54, 1.807) is 4.90 Å². The van der Waals surface area contributed by atoms with E-state index in [0.29, 0.717) is 13.1 Å². The molecule has 20 heavy (non-hydrogen) atoms. The molecule has 0 atom stereocenters. The number of ether oxygens (including phenoxy) is 1. The van der Waals surface area contributed by atoms with Crippen molar-refractivity contribution in [1.82, 2.24) is 4.90 Å². The molecule has 0 aromatic carbocycles. The van der Waals surface area contributed by atoms with Gasteiger partial charge in [0.25, 0.3) is 0 Å². The van der Waals surface area contributed by atoms with E-state index in [9.17, 15) is 9.59 Å². The van der Waals surface area contributed by atoms with Gasteiger partial charge in [-0.2, -0.15) is 0 Å². The summed E-state index contributed by atoms with van der Waals surface area (Å²) >= 11 is 1.49. The van der Waals surface area contributed by atoms with Crippen LogP contribution in [0.15, 0.2) is 18.2 Å². The van der Waals surface area contributed by atoms with Gasteiger partial charge in [-0.05, 0) is 44.9 Å². The van der Waals surface area contributed by atoms with Crippen molar-refractivity contribution in [2.75, 3.05) is 13.1 Å². The third-order valence-corrected chi connectivity index (χ3v) is 4.01. The third kappa shape index (κ3) is 3.70. The lowest BCUT2D eigenvalue weighted by Crippen LogP contribution is -2.39. The van der Waals surface area contributed by atoms with Crippen LogP contribution in [0.25, 0.3) is 5.57 Å². The first-order valence-electron chi connectivity index (χ1n) is 6.61. The molecular weight excluding hydrogens is 274 g/mol. The molecule has 0 saturated carbocycles. The van der Waals surface area contributed by atoms with Crippen LogP contribution in [-0.4, -0.2) is 36.0 Å². The molecule has 0 saturated heterocycles. The zero-order chi connectivity index (χ0) is 14.8. The van der Waals surface area contributed by atoms with Crippen LogP contribution in [0, 0.1) is 0 Å². The van der Waals surface area contributed by atoms with Crippen LogP contribution in [0.3, 0.4) is 0 Å². The molecule has 1 amide bonds. The van der Waals surface area contributed by atoms with E-state index < -0.39 is 5.60 Å². The van der Waals surface area contributed by atoms with Gasteiger partial charge in [0.1, 0.15) is 5.60 Å². The Morgan fingerprint density at radius 3 is 2.65 bits per heavy atom. The molecule has 1 aromatic rings. The SMILES string of the molecule is CC(C)(C)OC(=O)N1CC=C(c2ccc(C=O)s2)CC1. The summed E-state index contributed by atoms with van der Waals surface area (Å²) in [5.74, 6) is 0. The molecule has 0 fully saturated rings. The molecule has 5 heteroatoms. The number of amides is 1. The highest BCUT2D eigenvalue weighted by Gasteiger charge is 2.24. The molecule has 0 unspecified atom stereocenters. The standard InChI is InChI=1S/C15H19NO3S/c1-15(2,3)19-14(18)16-8-6-11(7-9-16)13-5-4-12(10-17)20-13/h4-6,10H,7-9H2,1-3H3. The normalized spacial score (nSPS) is 15.8. The molecule has 0 bridgehead atoms. The van der Waals surface area contributed by atoms with Crippen molar-refractivity contribution in [3.8, 4) is 0 Å². The molecule has 1 aromatic heterocycles. The fourth-order valence-corrected chi connectivity index (χ4v) is 2.86. The third-order valence-electron chi connectivity index (χ3n) is 2.92. The van der Waals surface area contributed by atoms with Gasteiger partial charge >= 0.3 is 6.09 Å². The van der Waals surface area contributed by atoms with Crippen LogP contribution in [0.5, 0.6) is 0 Å². The first kappa shape index (κ1) is 14.8. The maximum absolute atomic E-state index is 11.9. The van der Waals surface area contributed by atoms with Crippen molar-refractivity contribution in [1.29, 1.82) is 0 Å². The van der Waals surface area contributed by atoms with Gasteiger partial charge in [0.2, 0.25) is 0 Å². The molecule has 1 aliphatic rings. The van der Waals surface area contributed by atoms with Crippen LogP contribution in [0.1, 0.15) is 41.7 Å². The summed E-state index contributed by atoms with van der Waals surface area (Å²) in [7, 11) is 0. The summed E-state index contributed by atoms with van der Waals surface area (Å²) in [6, 6.07) is 3.79. The fourth-order valence-electron chi connectivity index (χ4n) is 1.97. The van der Waals surface area contributed by atoms with Crippen LogP contribution < -0.4 is 0 Å². The van der Waals surface area contributed by atoms with E-state index in [-0.39, 0.29) is 6.09 Å². The maximum atomic E-state index is 11.9. The van der Waals surface area contributed by atoms with Crippen molar-refractivity contribution >= 4 is 29.3 Å². The Kier molecular flexibility index (Phi) is 4.28. The lowest BCUT2D eigenvalue weighted by Gasteiger charge is -2.29. The average Bonchev–Trinajstić information content (AvgIpc) is 2.85. The predicted molar refractivity (Wildman–Crippen MR) is 80.1 cm³/mol. The zero-order valence-electron chi connectivity index (χ0n) is 12.0. The molecule has 0 spiro atoms. The second kappa shape index (κ2) is 5.79. The van der Waals surface area contributed by atoms with Gasteiger partial charge in [0, 0.05) is 18.0 Å². The number of carbonyl (C=O) groups is 2. The van der Waals surface area contributed by atoms with Gasteiger partial charge in [0.05, 0.1) is 4.88 Å². The number of hydrogen-bond acceptors (Lipinski definition) is 4. The first-order chi connectivity index (χ1) is 9.39. The van der Waals surface area contributed by atoms with Crippen molar-refractivity contribution in [3.63, 3.8) is 0 Å². The Labute approximate surface area is 123 Å². The molecular formula is C15H19NO3S. The number of hydrogen-bond donors (Lipinski definition) is 0. The van der Waals surface area contributed by atoms with Gasteiger partial charge in [-0.15, -0.1) is 11.3 Å². The largest absolute Gasteiger partial charge is 0.444 e. The van der Waals surface area contributed by atoms with Crippen LogP contribution in [0.4, 0.5) is 4.79 Å². The predicted octanol–water partition coefficient (Wildman–Crippen LogP) is 3.58. The van der Waals surface area contributed by atoms with E-state index in [4.69, 9.17) is 4.74 Å². The second-order valence-electron chi connectivity index (χ2n) is 5.73. The highest BCUT2D eigenvalue weighted by atomic mass is 32.1. The minimum absolute atomic E-state index is 0.271. The van der Waals surface area contributed by atoms with Crippen molar-refractivity contribution in [2.45, 2.75) is 32.8 Å². The maximum Gasteiger partial charge on any atom is 0.410 e. The molecule has 108 valence electrons. The number of rotatable bonds is 2. The number of nitrogens with zero attached hydrogens (tertiary/aromatic N) is 1. The summed E-state index contributed by atoms with van der Waals surface area (Å²) in [5, 5.41) is 0. The fraction of sp³-hybridized carbons (Fsp3) is 0.467. The molecule has 0 aliphatic carbocycles. The van der Waals surface area contributed by atoms with E-state index >= 15 is 0 Å². The summed E-state index contributed by atoms with van der Waals surface area (Å²) in [4.78, 5) is 26.2. The zero-order valence-corrected chi connectivity index (χ0v) is 12.8. The van der Waals surface area contributed by atoms with Gasteiger partial charge < -0.3 is 9.64 Å². The van der Waals surface area contributed by atoms with Gasteiger partial charge in [-0.3, -0.25) is 4.79 Å². The van der Waals surface area contributed by atoms with Gasteiger partial charge in [-0.1, -0.05) is 6.08 Å². The molecule has 0 radical (unpaired) electrons. The van der Waals surface area contributed by atoms with Gasteiger partial charge in [0.15, 0.2) is 6.29 Å². The van der Waals surface area contributed by atoms with E-state index in [2.05, 4.69) is 0 Å². The molecule has 1 aliphatic heterocycles. The molecule has 2 rings (SSSR count). The highest BCUT2D eigenvalue weighted by Crippen LogP contribution is 2.28. The first-order valence-corrected chi connectivity index (χ1v) is 7.43. The van der Waals surface area contributed by atoms with E-state index in [0.717, 1.165) is 22.5 Å². The monoisotopic (exact) mass is 293 g/mol. The summed E-state index contributed by atoms with van der Waals surface area (Å²) in [6.45, 7) is 6.79. The van der Waals surface area contributed by atoms with Crippen LogP contribution >= 0.6 is 11.3 Å². The quantitative estimate of drug-likeness (QED) is 0.783. The van der Waals surface area contributed by atoms with E-state index in [1.807, 2.05) is 39.0 Å². The smallest absolute Gasteiger partial charge is 0.410 e. The lowest BCUT2D eigenvalue weighted by atomic mass is 10.1. The number of aldehydes is 1. The highest BCUT2D eigenvalue weighted by molar-refractivity contribution is 7.14. The minimum atomic E-state index is -0.465. The Morgan fingerprint density at radius 1 is 1.40 bits per heavy atom. The molecule has 4 nitrogen and oxygen atoms in total. The Balaban J connectivity index is 1.99.